The summed E-state index contributed by atoms with van der Waals surface area (Å²) in [6, 6.07) is 0. The standard InChI is InChI=1S/C10H18O2/c11-7-8-3-1-5-10(12)6-2-4-9(8)10/h8-9,11-12H,1-7H2/t8-,9+,10+/m0/s1. The third-order valence-electron chi connectivity index (χ3n) is 3.80. The lowest BCUT2D eigenvalue weighted by atomic mass is 9.71. The molecular weight excluding hydrogens is 152 g/mol. The van der Waals surface area contributed by atoms with Gasteiger partial charge in [0, 0.05) is 6.61 Å². The molecule has 0 unspecified atom stereocenters. The van der Waals surface area contributed by atoms with Gasteiger partial charge in [0.15, 0.2) is 0 Å². The zero-order chi connectivity index (χ0) is 8.60. The second-order valence-corrected chi connectivity index (χ2v) is 4.44. The summed E-state index contributed by atoms with van der Waals surface area (Å²) < 4.78 is 0. The van der Waals surface area contributed by atoms with Crippen molar-refractivity contribution in [3.8, 4) is 0 Å². The molecule has 0 saturated heterocycles. The fraction of sp³-hybridized carbons (Fsp3) is 1.00. The van der Waals surface area contributed by atoms with Gasteiger partial charge in [-0.15, -0.1) is 0 Å². The largest absolute Gasteiger partial charge is 0.396 e. The molecule has 3 atom stereocenters. The summed E-state index contributed by atoms with van der Waals surface area (Å²) in [6.45, 7) is 0.271. The van der Waals surface area contributed by atoms with Crippen molar-refractivity contribution in [2.75, 3.05) is 6.61 Å². The molecule has 2 aliphatic rings. The molecule has 2 aliphatic carbocycles. The van der Waals surface area contributed by atoms with Gasteiger partial charge >= 0.3 is 0 Å². The van der Waals surface area contributed by atoms with Gasteiger partial charge in [-0.2, -0.15) is 0 Å². The summed E-state index contributed by atoms with van der Waals surface area (Å²) >= 11 is 0. The van der Waals surface area contributed by atoms with Crippen LogP contribution in [-0.2, 0) is 0 Å². The van der Waals surface area contributed by atoms with Crippen LogP contribution in [-0.4, -0.2) is 22.4 Å². The number of aliphatic hydroxyl groups is 2. The van der Waals surface area contributed by atoms with Gasteiger partial charge in [-0.3, -0.25) is 0 Å². The summed E-state index contributed by atoms with van der Waals surface area (Å²) in [5, 5.41) is 19.3. The zero-order valence-electron chi connectivity index (χ0n) is 7.50. The van der Waals surface area contributed by atoms with Gasteiger partial charge in [-0.1, -0.05) is 12.8 Å². The molecule has 2 nitrogen and oxygen atoms in total. The summed E-state index contributed by atoms with van der Waals surface area (Å²) in [5.41, 5.74) is -0.397. The van der Waals surface area contributed by atoms with E-state index in [2.05, 4.69) is 0 Å². The van der Waals surface area contributed by atoms with Crippen LogP contribution < -0.4 is 0 Å². The molecule has 0 aromatic heterocycles. The SMILES string of the molecule is OC[C@@H]1CCC[C@@]2(O)CCC[C@H]12. The van der Waals surface area contributed by atoms with E-state index in [-0.39, 0.29) is 6.61 Å². The Labute approximate surface area is 73.6 Å². The second-order valence-electron chi connectivity index (χ2n) is 4.44. The molecule has 2 fully saturated rings. The average molecular weight is 170 g/mol. The number of fused-ring (bicyclic) bond motifs is 1. The summed E-state index contributed by atoms with van der Waals surface area (Å²) in [6.07, 6.45) is 6.42. The molecule has 0 amide bonds. The topological polar surface area (TPSA) is 40.5 Å². The third-order valence-corrected chi connectivity index (χ3v) is 3.80. The number of aliphatic hydroxyl groups excluding tert-OH is 1. The first-order valence-corrected chi connectivity index (χ1v) is 5.09. The Hall–Kier alpha value is -0.0800. The minimum Gasteiger partial charge on any atom is -0.396 e. The van der Waals surface area contributed by atoms with Crippen molar-refractivity contribution in [2.45, 2.75) is 44.1 Å². The fourth-order valence-corrected chi connectivity index (χ4v) is 3.16. The van der Waals surface area contributed by atoms with Crippen LogP contribution in [0.5, 0.6) is 0 Å². The lowest BCUT2D eigenvalue weighted by Gasteiger charge is -2.39. The molecule has 70 valence electrons. The van der Waals surface area contributed by atoms with E-state index in [0.29, 0.717) is 11.8 Å². The molecule has 0 heterocycles. The first-order chi connectivity index (χ1) is 5.76. The van der Waals surface area contributed by atoms with Crippen molar-refractivity contribution < 1.29 is 10.2 Å². The average Bonchev–Trinajstić information content (AvgIpc) is 2.45. The fourth-order valence-electron chi connectivity index (χ4n) is 3.16. The maximum atomic E-state index is 10.2. The van der Waals surface area contributed by atoms with Gasteiger partial charge in [0.2, 0.25) is 0 Å². The zero-order valence-corrected chi connectivity index (χ0v) is 7.50. The highest BCUT2D eigenvalue weighted by molar-refractivity contribution is 4.98. The highest BCUT2D eigenvalue weighted by Gasteiger charge is 2.46. The van der Waals surface area contributed by atoms with E-state index in [1.165, 1.54) is 0 Å². The van der Waals surface area contributed by atoms with E-state index in [1.807, 2.05) is 0 Å². The molecule has 0 spiro atoms. The van der Waals surface area contributed by atoms with Crippen molar-refractivity contribution >= 4 is 0 Å². The molecule has 2 N–H and O–H groups in total. The van der Waals surface area contributed by atoms with Crippen LogP contribution in [0.1, 0.15) is 38.5 Å². The van der Waals surface area contributed by atoms with Crippen LogP contribution in [0.2, 0.25) is 0 Å². The minimum absolute atomic E-state index is 0.271. The van der Waals surface area contributed by atoms with Crippen molar-refractivity contribution in [1.29, 1.82) is 0 Å². The third kappa shape index (κ3) is 1.17. The van der Waals surface area contributed by atoms with Gasteiger partial charge in [-0.25, -0.2) is 0 Å². The van der Waals surface area contributed by atoms with Crippen LogP contribution in [0.3, 0.4) is 0 Å². The lowest BCUT2D eigenvalue weighted by Crippen LogP contribution is -2.42. The Morgan fingerprint density at radius 2 is 1.83 bits per heavy atom. The molecule has 2 heteroatoms. The van der Waals surface area contributed by atoms with Gasteiger partial charge in [-0.05, 0) is 37.5 Å². The molecule has 2 rings (SSSR count). The van der Waals surface area contributed by atoms with E-state index in [4.69, 9.17) is 5.11 Å². The molecule has 0 aliphatic heterocycles. The molecule has 12 heavy (non-hydrogen) atoms. The Bertz CT molecular complexity index is 169. The quantitative estimate of drug-likeness (QED) is 0.623. The Kier molecular flexibility index (Phi) is 2.13. The van der Waals surface area contributed by atoms with Crippen molar-refractivity contribution in [2.24, 2.45) is 11.8 Å². The first-order valence-electron chi connectivity index (χ1n) is 5.09. The van der Waals surface area contributed by atoms with Gasteiger partial charge in [0.05, 0.1) is 5.60 Å². The molecular formula is C10H18O2. The minimum atomic E-state index is -0.397. The molecule has 0 bridgehead atoms. The van der Waals surface area contributed by atoms with Crippen LogP contribution in [0.25, 0.3) is 0 Å². The predicted octanol–water partition coefficient (Wildman–Crippen LogP) is 1.31. The van der Waals surface area contributed by atoms with E-state index in [0.717, 1.165) is 38.5 Å². The van der Waals surface area contributed by atoms with Gasteiger partial charge in [0.25, 0.3) is 0 Å². The Balaban J connectivity index is 2.12. The highest BCUT2D eigenvalue weighted by Crippen LogP contribution is 2.48. The molecule has 0 aromatic carbocycles. The summed E-state index contributed by atoms with van der Waals surface area (Å²) in [4.78, 5) is 0. The van der Waals surface area contributed by atoms with E-state index < -0.39 is 5.60 Å². The normalized spacial score (nSPS) is 47.5. The Morgan fingerprint density at radius 3 is 2.50 bits per heavy atom. The van der Waals surface area contributed by atoms with Gasteiger partial charge < -0.3 is 10.2 Å². The van der Waals surface area contributed by atoms with Crippen molar-refractivity contribution in [3.05, 3.63) is 0 Å². The monoisotopic (exact) mass is 170 g/mol. The maximum absolute atomic E-state index is 10.2. The van der Waals surface area contributed by atoms with Gasteiger partial charge in [0.1, 0.15) is 0 Å². The molecule has 0 radical (unpaired) electrons. The Morgan fingerprint density at radius 1 is 1.17 bits per heavy atom. The van der Waals surface area contributed by atoms with Crippen LogP contribution in [0.15, 0.2) is 0 Å². The number of hydrogen-bond donors (Lipinski definition) is 2. The maximum Gasteiger partial charge on any atom is 0.0679 e. The van der Waals surface area contributed by atoms with Crippen LogP contribution in [0, 0.1) is 11.8 Å². The van der Waals surface area contributed by atoms with Crippen molar-refractivity contribution in [1.82, 2.24) is 0 Å². The highest BCUT2D eigenvalue weighted by atomic mass is 16.3. The van der Waals surface area contributed by atoms with E-state index in [1.54, 1.807) is 0 Å². The first kappa shape index (κ1) is 8.52. The van der Waals surface area contributed by atoms with Crippen molar-refractivity contribution in [3.63, 3.8) is 0 Å². The van der Waals surface area contributed by atoms with E-state index in [9.17, 15) is 5.11 Å². The second kappa shape index (κ2) is 3.00. The summed E-state index contributed by atoms with van der Waals surface area (Å²) in [7, 11) is 0. The van der Waals surface area contributed by atoms with E-state index >= 15 is 0 Å². The van der Waals surface area contributed by atoms with Crippen LogP contribution in [0.4, 0.5) is 0 Å². The molecule has 0 aromatic rings. The molecule has 2 saturated carbocycles. The smallest absolute Gasteiger partial charge is 0.0679 e. The summed E-state index contributed by atoms with van der Waals surface area (Å²) in [5.74, 6) is 0.780. The lowest BCUT2D eigenvalue weighted by molar-refractivity contribution is -0.0634. The number of rotatable bonds is 1. The van der Waals surface area contributed by atoms with Crippen LogP contribution >= 0.6 is 0 Å². The predicted molar refractivity (Wildman–Crippen MR) is 46.7 cm³/mol. The number of hydrogen-bond acceptors (Lipinski definition) is 2.